The molecule has 0 N–H and O–H groups in total. The summed E-state index contributed by atoms with van der Waals surface area (Å²) in [4.78, 5) is 48.8. The fraction of sp³-hybridized carbons (Fsp3) is 0.750. The van der Waals surface area contributed by atoms with Crippen LogP contribution in [0.25, 0.3) is 0 Å². The Morgan fingerprint density at radius 3 is 1.68 bits per heavy atom. The molecule has 0 amide bonds. The maximum absolute atomic E-state index is 12.3. The first-order valence-electron chi connectivity index (χ1n) is 7.45. The normalized spacial score (nSPS) is 27.3. The van der Waals surface area contributed by atoms with Crippen LogP contribution in [0.1, 0.15) is 47.5 Å². The van der Waals surface area contributed by atoms with Crippen LogP contribution in [-0.2, 0) is 28.7 Å². The first-order valence-corrected chi connectivity index (χ1v) is 7.45. The first-order chi connectivity index (χ1) is 9.93. The van der Waals surface area contributed by atoms with Crippen molar-refractivity contribution >= 4 is 23.5 Å². The summed E-state index contributed by atoms with van der Waals surface area (Å²) in [6.45, 7) is 8.20. The van der Waals surface area contributed by atoms with E-state index in [1.165, 1.54) is 13.8 Å². The molecular weight excluding hydrogens is 288 g/mol. The highest BCUT2D eigenvalue weighted by Gasteiger charge is 2.52. The molecule has 6 heteroatoms. The lowest BCUT2D eigenvalue weighted by molar-refractivity contribution is -0.242. The van der Waals surface area contributed by atoms with Crippen LogP contribution in [0.2, 0.25) is 0 Å². The number of rotatable bonds is 2. The zero-order valence-corrected chi connectivity index (χ0v) is 13.6. The Bertz CT molecular complexity index is 457. The van der Waals surface area contributed by atoms with E-state index in [0.29, 0.717) is 0 Å². The molecule has 1 aliphatic carbocycles. The van der Waals surface area contributed by atoms with E-state index in [1.54, 1.807) is 6.92 Å². The smallest absolute Gasteiger partial charge is 0.323 e. The van der Waals surface area contributed by atoms with Gasteiger partial charge in [-0.05, 0) is 11.3 Å². The largest absolute Gasteiger partial charge is 0.422 e. The van der Waals surface area contributed by atoms with Crippen LogP contribution in [-0.4, -0.2) is 29.3 Å². The molecule has 0 aromatic carbocycles. The summed E-state index contributed by atoms with van der Waals surface area (Å²) in [5.74, 6) is -6.16. The van der Waals surface area contributed by atoms with E-state index < -0.39 is 35.5 Å². The van der Waals surface area contributed by atoms with Crippen molar-refractivity contribution in [2.24, 2.45) is 23.2 Å². The van der Waals surface area contributed by atoms with Crippen molar-refractivity contribution in [3.8, 4) is 0 Å². The van der Waals surface area contributed by atoms with E-state index in [2.05, 4.69) is 0 Å². The van der Waals surface area contributed by atoms with Gasteiger partial charge in [0.15, 0.2) is 5.92 Å². The highest BCUT2D eigenvalue weighted by Crippen LogP contribution is 2.40. The Balaban J connectivity index is 2.23. The number of ether oxygens (including phenoxy) is 2. The van der Waals surface area contributed by atoms with Gasteiger partial charge in [0.05, 0.1) is 5.92 Å². The highest BCUT2D eigenvalue weighted by atomic mass is 16.7. The molecule has 2 fully saturated rings. The second-order valence-electron chi connectivity index (χ2n) is 7.51. The molecule has 2 rings (SSSR count). The van der Waals surface area contributed by atoms with Crippen LogP contribution in [0.15, 0.2) is 0 Å². The molecule has 1 saturated heterocycles. The predicted molar refractivity (Wildman–Crippen MR) is 75.4 cm³/mol. The highest BCUT2D eigenvalue weighted by molar-refractivity contribution is 6.07. The first kappa shape index (κ1) is 16.6. The van der Waals surface area contributed by atoms with Crippen molar-refractivity contribution in [2.75, 3.05) is 0 Å². The molecule has 1 saturated carbocycles. The van der Waals surface area contributed by atoms with Gasteiger partial charge in [-0.15, -0.1) is 0 Å². The molecule has 2 aliphatic rings. The fourth-order valence-electron chi connectivity index (χ4n) is 3.34. The summed E-state index contributed by atoms with van der Waals surface area (Å²) in [7, 11) is 0. The molecule has 6 nitrogen and oxygen atoms in total. The van der Waals surface area contributed by atoms with E-state index in [4.69, 9.17) is 9.47 Å². The van der Waals surface area contributed by atoms with Crippen molar-refractivity contribution in [1.82, 2.24) is 0 Å². The number of esters is 2. The van der Waals surface area contributed by atoms with Gasteiger partial charge in [0.25, 0.3) is 5.79 Å². The molecule has 0 radical (unpaired) electrons. The van der Waals surface area contributed by atoms with Gasteiger partial charge < -0.3 is 9.47 Å². The second kappa shape index (κ2) is 5.18. The molecule has 1 atom stereocenters. The van der Waals surface area contributed by atoms with Gasteiger partial charge >= 0.3 is 11.9 Å². The van der Waals surface area contributed by atoms with Crippen LogP contribution in [0.3, 0.4) is 0 Å². The van der Waals surface area contributed by atoms with Gasteiger partial charge in [-0.2, -0.15) is 0 Å². The number of Topliss-reactive ketones (excluding diaryl/α,β-unsaturated/α-hetero) is 2. The van der Waals surface area contributed by atoms with E-state index in [9.17, 15) is 19.2 Å². The van der Waals surface area contributed by atoms with Gasteiger partial charge in [0, 0.05) is 26.7 Å². The van der Waals surface area contributed by atoms with Crippen molar-refractivity contribution in [1.29, 1.82) is 0 Å². The summed E-state index contributed by atoms with van der Waals surface area (Å²) < 4.78 is 10.2. The monoisotopic (exact) mass is 310 g/mol. The molecule has 0 bridgehead atoms. The van der Waals surface area contributed by atoms with Crippen molar-refractivity contribution < 1.29 is 28.7 Å². The zero-order valence-electron chi connectivity index (χ0n) is 13.6. The molecule has 1 aliphatic heterocycles. The number of hydrogen-bond donors (Lipinski definition) is 0. The SMILES string of the molecule is C[C@H](C1C(=O)CC(C)(C)CC1=O)C1C(=O)OC(C)(C)OC1=O. The van der Waals surface area contributed by atoms with Crippen LogP contribution in [0.5, 0.6) is 0 Å². The lowest BCUT2D eigenvalue weighted by Crippen LogP contribution is -2.52. The minimum atomic E-state index is -1.31. The fourth-order valence-corrected chi connectivity index (χ4v) is 3.34. The summed E-state index contributed by atoms with van der Waals surface area (Å²) in [6, 6.07) is 0. The lowest BCUT2D eigenvalue weighted by atomic mass is 9.66. The maximum atomic E-state index is 12.3. The van der Waals surface area contributed by atoms with Gasteiger partial charge in [0.1, 0.15) is 11.6 Å². The van der Waals surface area contributed by atoms with Crippen molar-refractivity contribution in [3.05, 3.63) is 0 Å². The van der Waals surface area contributed by atoms with E-state index in [0.717, 1.165) is 0 Å². The summed E-state index contributed by atoms with van der Waals surface area (Å²) >= 11 is 0. The summed E-state index contributed by atoms with van der Waals surface area (Å²) in [6.07, 6.45) is 0.520. The average Bonchev–Trinajstić information content (AvgIpc) is 2.21. The summed E-state index contributed by atoms with van der Waals surface area (Å²) in [5.41, 5.74) is -0.375. The van der Waals surface area contributed by atoms with E-state index in [-0.39, 0.29) is 29.8 Å². The van der Waals surface area contributed by atoms with E-state index in [1.807, 2.05) is 13.8 Å². The Hall–Kier alpha value is -1.72. The predicted octanol–water partition coefficient (Wildman–Crippen LogP) is 1.65. The van der Waals surface area contributed by atoms with Gasteiger partial charge in [-0.1, -0.05) is 20.8 Å². The quantitative estimate of drug-likeness (QED) is 0.569. The Morgan fingerprint density at radius 1 is 0.864 bits per heavy atom. The minimum Gasteiger partial charge on any atom is -0.422 e. The number of cyclic esters (lactones) is 2. The van der Waals surface area contributed by atoms with Gasteiger partial charge in [-0.3, -0.25) is 19.2 Å². The molecule has 0 unspecified atom stereocenters. The zero-order chi connectivity index (χ0) is 16.9. The van der Waals surface area contributed by atoms with Crippen LogP contribution in [0, 0.1) is 23.2 Å². The third-order valence-electron chi connectivity index (χ3n) is 4.25. The third kappa shape index (κ3) is 3.05. The second-order valence-corrected chi connectivity index (χ2v) is 7.51. The molecule has 0 spiro atoms. The Morgan fingerprint density at radius 2 is 1.27 bits per heavy atom. The van der Waals surface area contributed by atoms with Crippen LogP contribution in [0.4, 0.5) is 0 Å². The number of hydrogen-bond acceptors (Lipinski definition) is 6. The molecule has 0 aromatic heterocycles. The number of ketones is 2. The third-order valence-corrected chi connectivity index (χ3v) is 4.25. The number of carbonyl (C=O) groups is 4. The number of carbonyl (C=O) groups excluding carboxylic acids is 4. The molecule has 1 heterocycles. The van der Waals surface area contributed by atoms with Crippen LogP contribution < -0.4 is 0 Å². The van der Waals surface area contributed by atoms with Crippen molar-refractivity contribution in [2.45, 2.75) is 53.2 Å². The summed E-state index contributed by atoms with van der Waals surface area (Å²) in [5, 5.41) is 0. The van der Waals surface area contributed by atoms with Gasteiger partial charge in [-0.25, -0.2) is 0 Å². The topological polar surface area (TPSA) is 86.7 Å². The molecular formula is C16H22O6. The molecule has 22 heavy (non-hydrogen) atoms. The van der Waals surface area contributed by atoms with Crippen molar-refractivity contribution in [3.63, 3.8) is 0 Å². The maximum Gasteiger partial charge on any atom is 0.323 e. The molecule has 122 valence electrons. The van der Waals surface area contributed by atoms with Crippen LogP contribution >= 0.6 is 0 Å². The Kier molecular flexibility index (Phi) is 3.92. The van der Waals surface area contributed by atoms with Gasteiger partial charge in [0.2, 0.25) is 0 Å². The minimum absolute atomic E-state index is 0.223. The standard InChI is InChI=1S/C16H22O6/c1-8(11-9(17)6-15(2,3)7-10(11)18)12-13(19)21-16(4,5)22-14(12)20/h8,11-12H,6-7H2,1-5H3/t8-/m1/s1. The Labute approximate surface area is 129 Å². The lowest BCUT2D eigenvalue weighted by Gasteiger charge is -2.39. The average molecular weight is 310 g/mol. The van der Waals surface area contributed by atoms with E-state index >= 15 is 0 Å². The molecule has 0 aromatic rings.